The number of hydrogen-bond acceptors (Lipinski definition) is 3. The molecule has 1 fully saturated rings. The van der Waals surface area contributed by atoms with Gasteiger partial charge < -0.3 is 5.32 Å². The molecule has 6 heteroatoms. The molecule has 0 aliphatic heterocycles. The quantitative estimate of drug-likeness (QED) is 0.303. The smallest absolute Gasteiger partial charge is 0.206 e. The van der Waals surface area contributed by atoms with Crippen LogP contribution in [0.15, 0.2) is 23.5 Å². The molecule has 17 heavy (non-hydrogen) atoms. The van der Waals surface area contributed by atoms with Crippen LogP contribution in [0.2, 0.25) is 0 Å². The van der Waals surface area contributed by atoms with Crippen molar-refractivity contribution in [1.82, 2.24) is 20.5 Å². The normalized spacial score (nSPS) is 17.4. The Bertz CT molecular complexity index is 339. The lowest BCUT2D eigenvalue weighted by Crippen LogP contribution is -2.45. The van der Waals surface area contributed by atoms with E-state index in [0.717, 1.165) is 6.54 Å². The molecule has 1 aliphatic carbocycles. The number of hydrazine groups is 1. The Morgan fingerprint density at radius 2 is 2.29 bits per heavy atom. The summed E-state index contributed by atoms with van der Waals surface area (Å²) in [5.41, 5.74) is 2.62. The fourth-order valence-electron chi connectivity index (χ4n) is 2.09. The van der Waals surface area contributed by atoms with Crippen LogP contribution in [0.3, 0.4) is 0 Å². The second kappa shape index (κ2) is 6.24. The van der Waals surface area contributed by atoms with Crippen molar-refractivity contribution in [2.75, 3.05) is 6.54 Å². The first kappa shape index (κ1) is 11.9. The zero-order valence-electron chi connectivity index (χ0n) is 9.97. The molecule has 0 spiro atoms. The van der Waals surface area contributed by atoms with Gasteiger partial charge in [-0.15, -0.1) is 0 Å². The summed E-state index contributed by atoms with van der Waals surface area (Å²) in [6, 6.07) is 2.43. The average Bonchev–Trinajstić information content (AvgIpc) is 3.00. The number of nitrogens with one attached hydrogen (secondary N) is 2. The lowest BCUT2D eigenvalue weighted by Gasteiger charge is -2.14. The van der Waals surface area contributed by atoms with E-state index in [2.05, 4.69) is 20.8 Å². The molecule has 1 heterocycles. The molecule has 1 aliphatic rings. The van der Waals surface area contributed by atoms with Crippen LogP contribution >= 0.6 is 0 Å². The summed E-state index contributed by atoms with van der Waals surface area (Å²) in [4.78, 5) is 4.39. The van der Waals surface area contributed by atoms with Crippen LogP contribution in [-0.2, 0) is 6.54 Å². The topological polar surface area (TPSA) is 80.3 Å². The Hall–Kier alpha value is -1.56. The van der Waals surface area contributed by atoms with Crippen LogP contribution in [0.4, 0.5) is 0 Å². The van der Waals surface area contributed by atoms with Gasteiger partial charge >= 0.3 is 0 Å². The molecule has 0 aromatic carbocycles. The highest BCUT2D eigenvalue weighted by molar-refractivity contribution is 5.79. The molecule has 0 bridgehead atoms. The van der Waals surface area contributed by atoms with Gasteiger partial charge in [0.15, 0.2) is 0 Å². The number of rotatable bonds is 4. The summed E-state index contributed by atoms with van der Waals surface area (Å²) in [5, 5.41) is 7.45. The van der Waals surface area contributed by atoms with Crippen molar-refractivity contribution < 1.29 is 0 Å². The van der Waals surface area contributed by atoms with Crippen LogP contribution < -0.4 is 16.6 Å². The third-order valence-corrected chi connectivity index (χ3v) is 2.99. The molecule has 1 aromatic rings. The Morgan fingerprint density at radius 1 is 1.47 bits per heavy atom. The van der Waals surface area contributed by atoms with Gasteiger partial charge in [0, 0.05) is 18.4 Å². The highest BCUT2D eigenvalue weighted by Gasteiger charge is 2.15. The lowest BCUT2D eigenvalue weighted by atomic mass is 10.2. The summed E-state index contributed by atoms with van der Waals surface area (Å²) in [6.45, 7) is 1.44. The van der Waals surface area contributed by atoms with Gasteiger partial charge in [-0.05, 0) is 18.9 Å². The lowest BCUT2D eigenvalue weighted by molar-refractivity contribution is 0.600. The van der Waals surface area contributed by atoms with E-state index in [1.165, 1.54) is 25.7 Å². The van der Waals surface area contributed by atoms with Gasteiger partial charge in [0.05, 0.1) is 13.1 Å². The van der Waals surface area contributed by atoms with Gasteiger partial charge in [0.1, 0.15) is 0 Å². The van der Waals surface area contributed by atoms with Gasteiger partial charge in [0.25, 0.3) is 0 Å². The summed E-state index contributed by atoms with van der Waals surface area (Å²) in [7, 11) is 0. The third kappa shape index (κ3) is 3.74. The fraction of sp³-hybridized carbons (Fsp3) is 0.636. The summed E-state index contributed by atoms with van der Waals surface area (Å²) in [5.74, 6) is 6.13. The van der Waals surface area contributed by atoms with Crippen LogP contribution in [-0.4, -0.2) is 28.3 Å². The largest absolute Gasteiger partial charge is 0.353 e. The van der Waals surface area contributed by atoms with Gasteiger partial charge in [-0.1, -0.05) is 12.8 Å². The Balaban J connectivity index is 1.76. The Morgan fingerprint density at radius 3 is 2.94 bits per heavy atom. The minimum atomic E-state index is 0.523. The van der Waals surface area contributed by atoms with Crippen molar-refractivity contribution >= 4 is 5.96 Å². The molecule has 1 aromatic heterocycles. The average molecular weight is 236 g/mol. The molecular formula is C11H20N6. The Labute approximate surface area is 101 Å². The maximum absolute atomic E-state index is 5.44. The molecule has 0 saturated heterocycles. The van der Waals surface area contributed by atoms with Crippen molar-refractivity contribution in [1.29, 1.82) is 0 Å². The molecule has 4 N–H and O–H groups in total. The molecular weight excluding hydrogens is 216 g/mol. The van der Waals surface area contributed by atoms with Crippen LogP contribution in [0.1, 0.15) is 25.7 Å². The molecule has 1 saturated carbocycles. The van der Waals surface area contributed by atoms with Gasteiger partial charge in [0.2, 0.25) is 5.96 Å². The summed E-state index contributed by atoms with van der Waals surface area (Å²) < 4.78 is 1.85. The number of aromatic nitrogens is 2. The van der Waals surface area contributed by atoms with Crippen molar-refractivity contribution in [3.05, 3.63) is 18.5 Å². The highest BCUT2D eigenvalue weighted by Crippen LogP contribution is 2.17. The van der Waals surface area contributed by atoms with Crippen LogP contribution in [0, 0.1) is 0 Å². The van der Waals surface area contributed by atoms with Crippen LogP contribution in [0.5, 0.6) is 0 Å². The van der Waals surface area contributed by atoms with Crippen LogP contribution in [0.25, 0.3) is 0 Å². The standard InChI is InChI=1S/C11H20N6/c12-16-11(15-10-4-1-2-5-10)13-7-9-17-8-3-6-14-17/h3,6,8,10H,1-2,4-5,7,9,12H2,(H2,13,15,16). The molecule has 0 atom stereocenters. The predicted octanol–water partition coefficient (Wildman–Crippen LogP) is 0.235. The molecule has 94 valence electrons. The Kier molecular flexibility index (Phi) is 4.37. The first-order valence-electron chi connectivity index (χ1n) is 6.13. The van der Waals surface area contributed by atoms with E-state index in [1.807, 2.05) is 16.9 Å². The molecule has 0 amide bonds. The fourth-order valence-corrected chi connectivity index (χ4v) is 2.09. The van der Waals surface area contributed by atoms with E-state index >= 15 is 0 Å². The molecule has 0 radical (unpaired) electrons. The van der Waals surface area contributed by atoms with Crippen molar-refractivity contribution in [3.8, 4) is 0 Å². The van der Waals surface area contributed by atoms with E-state index in [4.69, 9.17) is 5.84 Å². The zero-order valence-corrected chi connectivity index (χ0v) is 9.97. The first-order chi connectivity index (χ1) is 8.38. The van der Waals surface area contributed by atoms with Crippen molar-refractivity contribution in [2.24, 2.45) is 10.8 Å². The summed E-state index contributed by atoms with van der Waals surface area (Å²) in [6.07, 6.45) is 8.70. The maximum atomic E-state index is 5.44. The number of guanidine groups is 1. The van der Waals surface area contributed by atoms with Crippen molar-refractivity contribution in [3.63, 3.8) is 0 Å². The van der Waals surface area contributed by atoms with Crippen molar-refractivity contribution in [2.45, 2.75) is 38.3 Å². The second-order valence-electron chi connectivity index (χ2n) is 4.27. The molecule has 2 rings (SSSR count). The number of nitrogens with zero attached hydrogens (tertiary/aromatic N) is 3. The second-order valence-corrected chi connectivity index (χ2v) is 4.27. The highest BCUT2D eigenvalue weighted by atomic mass is 15.3. The van der Waals surface area contributed by atoms with Gasteiger partial charge in [-0.2, -0.15) is 5.10 Å². The number of hydrogen-bond donors (Lipinski definition) is 3. The minimum Gasteiger partial charge on any atom is -0.353 e. The number of aliphatic imine (C=N–C) groups is 1. The van der Waals surface area contributed by atoms with E-state index in [1.54, 1.807) is 6.20 Å². The van der Waals surface area contributed by atoms with Gasteiger partial charge in [-0.3, -0.25) is 15.1 Å². The monoisotopic (exact) mass is 236 g/mol. The maximum Gasteiger partial charge on any atom is 0.206 e. The molecule has 6 nitrogen and oxygen atoms in total. The van der Waals surface area contributed by atoms with E-state index in [-0.39, 0.29) is 0 Å². The third-order valence-electron chi connectivity index (χ3n) is 2.99. The van der Waals surface area contributed by atoms with E-state index in [0.29, 0.717) is 18.5 Å². The predicted molar refractivity (Wildman–Crippen MR) is 67.2 cm³/mol. The van der Waals surface area contributed by atoms with E-state index < -0.39 is 0 Å². The number of nitrogens with two attached hydrogens (primary N) is 1. The summed E-state index contributed by atoms with van der Waals surface area (Å²) >= 11 is 0. The minimum absolute atomic E-state index is 0.523. The first-order valence-corrected chi connectivity index (χ1v) is 6.13. The zero-order chi connectivity index (χ0) is 11.9. The molecule has 0 unspecified atom stereocenters. The van der Waals surface area contributed by atoms with Gasteiger partial charge in [-0.25, -0.2) is 5.84 Å². The van der Waals surface area contributed by atoms with E-state index in [9.17, 15) is 0 Å². The SMILES string of the molecule is NNC(=NCCn1cccn1)NC1CCCC1.